The molecular weight excluding hydrogens is 328 g/mol. The van der Waals surface area contributed by atoms with E-state index in [4.69, 9.17) is 9.47 Å². The fourth-order valence-corrected chi connectivity index (χ4v) is 3.26. The largest absolute Gasteiger partial charge is 0.494 e. The van der Waals surface area contributed by atoms with Crippen molar-refractivity contribution < 1.29 is 19.1 Å². The second-order valence-electron chi connectivity index (χ2n) is 5.03. The Morgan fingerprint density at radius 1 is 1.38 bits per heavy atom. The van der Waals surface area contributed by atoms with Gasteiger partial charge in [-0.05, 0) is 30.9 Å². The van der Waals surface area contributed by atoms with Crippen molar-refractivity contribution in [3.8, 4) is 11.8 Å². The van der Waals surface area contributed by atoms with E-state index in [1.807, 2.05) is 6.92 Å². The standard InChI is InChI=1S/C17H18N2O4S/c1-4-23-11-7-5-10(6-8-11)13-12(9-18)16(24-3)19-15(20)14(13)17(21)22-2/h5-8,13-14H,4H2,1-3H3,(H,19,20)/t13-,14+/m0/s1. The molecule has 1 aromatic rings. The minimum atomic E-state index is -1.10. The smallest absolute Gasteiger partial charge is 0.319 e. The molecule has 24 heavy (non-hydrogen) atoms. The van der Waals surface area contributed by atoms with Gasteiger partial charge in [0.1, 0.15) is 11.7 Å². The van der Waals surface area contributed by atoms with Crippen LogP contribution >= 0.6 is 11.8 Å². The lowest BCUT2D eigenvalue weighted by atomic mass is 9.78. The molecule has 0 aromatic heterocycles. The van der Waals surface area contributed by atoms with Crippen LogP contribution in [0.3, 0.4) is 0 Å². The van der Waals surface area contributed by atoms with Crippen LogP contribution in [0.2, 0.25) is 0 Å². The molecule has 1 aliphatic rings. The Morgan fingerprint density at radius 2 is 2.04 bits per heavy atom. The Bertz CT molecular complexity index is 706. The number of amides is 1. The minimum absolute atomic E-state index is 0.349. The van der Waals surface area contributed by atoms with Crippen molar-refractivity contribution in [3.05, 3.63) is 40.4 Å². The van der Waals surface area contributed by atoms with E-state index < -0.39 is 23.7 Å². The highest BCUT2D eigenvalue weighted by Crippen LogP contribution is 2.39. The predicted octanol–water partition coefficient (Wildman–Crippen LogP) is 2.19. The number of methoxy groups -OCH3 is 1. The summed E-state index contributed by atoms with van der Waals surface area (Å²) in [5.74, 6) is -2.24. The molecule has 1 heterocycles. The van der Waals surface area contributed by atoms with E-state index in [1.54, 1.807) is 30.5 Å². The highest BCUT2D eigenvalue weighted by molar-refractivity contribution is 8.02. The molecule has 0 saturated carbocycles. The van der Waals surface area contributed by atoms with Crippen molar-refractivity contribution in [1.82, 2.24) is 5.32 Å². The van der Waals surface area contributed by atoms with Gasteiger partial charge in [-0.2, -0.15) is 5.26 Å². The number of nitriles is 1. The van der Waals surface area contributed by atoms with Gasteiger partial charge in [-0.3, -0.25) is 9.59 Å². The number of esters is 1. The second kappa shape index (κ2) is 7.88. The van der Waals surface area contributed by atoms with E-state index in [1.165, 1.54) is 18.9 Å². The average Bonchev–Trinajstić information content (AvgIpc) is 2.61. The summed E-state index contributed by atoms with van der Waals surface area (Å²) < 4.78 is 10.2. The number of thioether (sulfide) groups is 1. The highest BCUT2D eigenvalue weighted by Gasteiger charge is 2.44. The molecule has 7 heteroatoms. The van der Waals surface area contributed by atoms with Gasteiger partial charge in [0.15, 0.2) is 0 Å². The Kier molecular flexibility index (Phi) is 5.88. The molecule has 0 bridgehead atoms. The lowest BCUT2D eigenvalue weighted by molar-refractivity contribution is -0.150. The molecule has 0 unspecified atom stereocenters. The summed E-state index contributed by atoms with van der Waals surface area (Å²) >= 11 is 1.26. The number of hydrogen-bond donors (Lipinski definition) is 1. The van der Waals surface area contributed by atoms with Crippen molar-refractivity contribution in [2.24, 2.45) is 5.92 Å². The van der Waals surface area contributed by atoms with Gasteiger partial charge in [-0.25, -0.2) is 0 Å². The fraction of sp³-hybridized carbons (Fsp3) is 0.353. The van der Waals surface area contributed by atoms with Crippen LogP contribution in [-0.2, 0) is 14.3 Å². The number of hydrogen-bond acceptors (Lipinski definition) is 6. The summed E-state index contributed by atoms with van der Waals surface area (Å²) in [4.78, 5) is 24.5. The van der Waals surface area contributed by atoms with Crippen molar-refractivity contribution in [2.75, 3.05) is 20.0 Å². The minimum Gasteiger partial charge on any atom is -0.494 e. The molecular formula is C17H18N2O4S. The first-order chi connectivity index (χ1) is 11.6. The van der Waals surface area contributed by atoms with Crippen LogP contribution < -0.4 is 10.1 Å². The second-order valence-corrected chi connectivity index (χ2v) is 5.85. The van der Waals surface area contributed by atoms with E-state index in [0.29, 0.717) is 28.5 Å². The van der Waals surface area contributed by atoms with E-state index in [9.17, 15) is 14.9 Å². The lowest BCUT2D eigenvalue weighted by Crippen LogP contribution is -2.44. The maximum atomic E-state index is 12.4. The van der Waals surface area contributed by atoms with Gasteiger partial charge in [0.25, 0.3) is 0 Å². The number of allylic oxidation sites excluding steroid dienone is 1. The van der Waals surface area contributed by atoms with Gasteiger partial charge in [0.2, 0.25) is 5.91 Å². The van der Waals surface area contributed by atoms with Crippen molar-refractivity contribution >= 4 is 23.6 Å². The van der Waals surface area contributed by atoms with Gasteiger partial charge in [-0.15, -0.1) is 11.8 Å². The molecule has 2 rings (SSSR count). The molecule has 1 N–H and O–H groups in total. The van der Waals surface area contributed by atoms with Crippen molar-refractivity contribution in [2.45, 2.75) is 12.8 Å². The Morgan fingerprint density at radius 3 is 2.54 bits per heavy atom. The molecule has 1 aliphatic heterocycles. The maximum absolute atomic E-state index is 12.4. The van der Waals surface area contributed by atoms with Gasteiger partial charge in [0, 0.05) is 5.92 Å². The van der Waals surface area contributed by atoms with Crippen LogP contribution in [0.15, 0.2) is 34.9 Å². The van der Waals surface area contributed by atoms with Crippen LogP contribution in [0, 0.1) is 17.2 Å². The molecule has 0 radical (unpaired) electrons. The zero-order valence-corrected chi connectivity index (χ0v) is 14.5. The van der Waals surface area contributed by atoms with Crippen LogP contribution in [0.25, 0.3) is 0 Å². The monoisotopic (exact) mass is 346 g/mol. The molecule has 0 aliphatic carbocycles. The summed E-state index contributed by atoms with van der Waals surface area (Å²) in [6.07, 6.45) is 1.76. The predicted molar refractivity (Wildman–Crippen MR) is 90.2 cm³/mol. The topological polar surface area (TPSA) is 88.4 Å². The summed E-state index contributed by atoms with van der Waals surface area (Å²) in [5.41, 5.74) is 1.04. The number of ether oxygens (including phenoxy) is 2. The van der Waals surface area contributed by atoms with Crippen molar-refractivity contribution in [3.63, 3.8) is 0 Å². The Hall–Kier alpha value is -2.46. The highest BCUT2D eigenvalue weighted by atomic mass is 32.2. The van der Waals surface area contributed by atoms with Crippen LogP contribution in [0.5, 0.6) is 5.75 Å². The third kappa shape index (κ3) is 3.39. The van der Waals surface area contributed by atoms with Crippen LogP contribution in [0.4, 0.5) is 0 Å². The molecule has 0 saturated heterocycles. The van der Waals surface area contributed by atoms with Crippen LogP contribution in [0.1, 0.15) is 18.4 Å². The molecule has 6 nitrogen and oxygen atoms in total. The average molecular weight is 346 g/mol. The molecule has 2 atom stereocenters. The Balaban J connectivity index is 2.54. The molecule has 0 fully saturated rings. The summed E-state index contributed by atoms with van der Waals surface area (Å²) in [6, 6.07) is 9.17. The first-order valence-electron chi connectivity index (χ1n) is 7.37. The van der Waals surface area contributed by atoms with Gasteiger partial charge in [0.05, 0.1) is 30.4 Å². The fourth-order valence-electron chi connectivity index (χ4n) is 2.66. The summed E-state index contributed by atoms with van der Waals surface area (Å²) in [6.45, 7) is 2.42. The number of carbonyl (C=O) groups is 2. The van der Waals surface area contributed by atoms with E-state index in [-0.39, 0.29) is 0 Å². The number of carbonyl (C=O) groups excluding carboxylic acids is 2. The third-order valence-electron chi connectivity index (χ3n) is 3.74. The summed E-state index contributed by atoms with van der Waals surface area (Å²) in [7, 11) is 1.23. The van der Waals surface area contributed by atoms with E-state index in [2.05, 4.69) is 11.4 Å². The number of rotatable bonds is 5. The SMILES string of the molecule is CCOc1ccc([C@H]2C(C#N)=C(SC)NC(=O)[C@@H]2C(=O)OC)cc1. The Labute approximate surface area is 144 Å². The molecule has 1 amide bonds. The first-order valence-corrected chi connectivity index (χ1v) is 8.59. The third-order valence-corrected chi connectivity index (χ3v) is 4.47. The quantitative estimate of drug-likeness (QED) is 0.649. The van der Waals surface area contributed by atoms with E-state index in [0.717, 1.165) is 0 Å². The van der Waals surface area contributed by atoms with Gasteiger partial charge in [-0.1, -0.05) is 12.1 Å². The van der Waals surface area contributed by atoms with Gasteiger partial charge < -0.3 is 14.8 Å². The maximum Gasteiger partial charge on any atom is 0.319 e. The van der Waals surface area contributed by atoms with Crippen LogP contribution in [-0.4, -0.2) is 31.8 Å². The van der Waals surface area contributed by atoms with Crippen molar-refractivity contribution in [1.29, 1.82) is 5.26 Å². The normalized spacial score (nSPS) is 20.2. The molecule has 0 spiro atoms. The number of benzene rings is 1. The summed E-state index contributed by atoms with van der Waals surface area (Å²) in [5, 5.41) is 12.7. The molecule has 1 aromatic carbocycles. The number of nitrogens with zero attached hydrogens (tertiary/aromatic N) is 1. The van der Waals surface area contributed by atoms with Gasteiger partial charge >= 0.3 is 5.97 Å². The molecule has 126 valence electrons. The first kappa shape index (κ1) is 17.9. The number of nitrogens with one attached hydrogen (secondary N) is 1. The zero-order valence-electron chi connectivity index (χ0n) is 13.7. The van der Waals surface area contributed by atoms with E-state index >= 15 is 0 Å². The zero-order chi connectivity index (χ0) is 17.7. The lowest BCUT2D eigenvalue weighted by Gasteiger charge is -2.30.